The topological polar surface area (TPSA) is 78.9 Å². The van der Waals surface area contributed by atoms with Crippen molar-refractivity contribution >= 4 is 17.9 Å². The molecule has 432 valence electrons. The lowest BCUT2D eigenvalue weighted by Gasteiger charge is -2.18. The van der Waals surface area contributed by atoms with Crippen LogP contribution in [0.15, 0.2) is 12.2 Å². The van der Waals surface area contributed by atoms with E-state index in [9.17, 15) is 14.4 Å². The lowest BCUT2D eigenvalue weighted by Crippen LogP contribution is -2.30. The molecule has 0 aliphatic rings. The van der Waals surface area contributed by atoms with Crippen LogP contribution >= 0.6 is 0 Å². The third-order valence-electron chi connectivity index (χ3n) is 15.3. The van der Waals surface area contributed by atoms with E-state index in [2.05, 4.69) is 32.9 Å². The number of hydrogen-bond donors (Lipinski definition) is 0. The lowest BCUT2D eigenvalue weighted by molar-refractivity contribution is -0.167. The minimum absolute atomic E-state index is 0.0644. The standard InChI is InChI=1S/C67H128O6/c1-4-7-10-13-16-19-22-25-28-30-32-33-35-37-40-43-46-49-52-55-58-61-67(70)73-64(62-71-65(68)59-56-53-50-47-44-41-38-27-24-21-18-15-12-9-6-3)63-72-66(69)60-57-54-51-48-45-42-39-36-34-31-29-26-23-20-17-14-11-8-5-2/h21,24,64H,4-20,22-23,25-63H2,1-3H3/b24-21-/t64-/m1/s1. The number of carbonyl (C=O) groups excluding carboxylic acids is 3. The summed E-state index contributed by atoms with van der Waals surface area (Å²) in [5.74, 6) is -0.836. The van der Waals surface area contributed by atoms with Gasteiger partial charge in [-0.05, 0) is 44.9 Å². The Morgan fingerprint density at radius 1 is 0.260 bits per heavy atom. The maximum absolute atomic E-state index is 12.9. The molecule has 0 aromatic carbocycles. The van der Waals surface area contributed by atoms with Gasteiger partial charge >= 0.3 is 17.9 Å². The highest BCUT2D eigenvalue weighted by Gasteiger charge is 2.19. The molecule has 0 N–H and O–H groups in total. The second kappa shape index (κ2) is 62.7. The maximum atomic E-state index is 12.9. The minimum atomic E-state index is -0.767. The Balaban J connectivity index is 4.28. The fourth-order valence-corrected chi connectivity index (χ4v) is 10.3. The molecule has 0 saturated carbocycles. The van der Waals surface area contributed by atoms with Crippen LogP contribution in [0, 0.1) is 0 Å². The van der Waals surface area contributed by atoms with Crippen molar-refractivity contribution in [1.29, 1.82) is 0 Å². The molecule has 0 spiro atoms. The number of esters is 3. The highest BCUT2D eigenvalue weighted by Crippen LogP contribution is 2.18. The van der Waals surface area contributed by atoms with Crippen LogP contribution in [0.5, 0.6) is 0 Å². The summed E-state index contributed by atoms with van der Waals surface area (Å²) in [4.78, 5) is 38.3. The summed E-state index contributed by atoms with van der Waals surface area (Å²) >= 11 is 0. The number of carbonyl (C=O) groups is 3. The first-order valence-electron chi connectivity index (χ1n) is 33.2. The second-order valence-corrected chi connectivity index (χ2v) is 22.7. The van der Waals surface area contributed by atoms with E-state index in [1.807, 2.05) is 0 Å². The monoisotopic (exact) mass is 1030 g/mol. The van der Waals surface area contributed by atoms with Crippen molar-refractivity contribution in [3.05, 3.63) is 12.2 Å². The van der Waals surface area contributed by atoms with Crippen LogP contribution in [0.25, 0.3) is 0 Å². The Bertz CT molecular complexity index is 1130. The summed E-state index contributed by atoms with van der Waals surface area (Å²) in [6.07, 6.45) is 73.6. The van der Waals surface area contributed by atoms with Gasteiger partial charge in [-0.15, -0.1) is 0 Å². The first-order valence-corrected chi connectivity index (χ1v) is 33.2. The molecule has 0 rings (SSSR count). The fraction of sp³-hybridized carbons (Fsp3) is 0.925. The molecule has 0 fully saturated rings. The summed E-state index contributed by atoms with van der Waals surface area (Å²) in [5.41, 5.74) is 0. The molecular formula is C67H128O6. The van der Waals surface area contributed by atoms with Gasteiger partial charge in [-0.25, -0.2) is 0 Å². The van der Waals surface area contributed by atoms with Crippen molar-refractivity contribution in [2.75, 3.05) is 13.2 Å². The van der Waals surface area contributed by atoms with Gasteiger partial charge in [-0.3, -0.25) is 14.4 Å². The zero-order valence-corrected chi connectivity index (χ0v) is 49.7. The minimum Gasteiger partial charge on any atom is -0.462 e. The van der Waals surface area contributed by atoms with Gasteiger partial charge in [0.05, 0.1) is 0 Å². The predicted octanol–water partition coefficient (Wildman–Crippen LogP) is 22.4. The van der Waals surface area contributed by atoms with Gasteiger partial charge in [0, 0.05) is 19.3 Å². The molecule has 0 aliphatic carbocycles. The number of unbranched alkanes of at least 4 members (excludes halogenated alkanes) is 49. The summed E-state index contributed by atoms with van der Waals surface area (Å²) in [5, 5.41) is 0. The van der Waals surface area contributed by atoms with Crippen LogP contribution in [0.1, 0.15) is 380 Å². The normalized spacial score (nSPS) is 12.0. The van der Waals surface area contributed by atoms with Gasteiger partial charge in [-0.1, -0.05) is 328 Å². The highest BCUT2D eigenvalue weighted by molar-refractivity contribution is 5.71. The first-order chi connectivity index (χ1) is 36.0. The van der Waals surface area contributed by atoms with Gasteiger partial charge in [0.25, 0.3) is 0 Å². The van der Waals surface area contributed by atoms with E-state index in [-0.39, 0.29) is 31.1 Å². The van der Waals surface area contributed by atoms with E-state index in [0.29, 0.717) is 19.3 Å². The number of hydrogen-bond acceptors (Lipinski definition) is 6. The van der Waals surface area contributed by atoms with Crippen LogP contribution in [0.4, 0.5) is 0 Å². The van der Waals surface area contributed by atoms with Crippen LogP contribution in [-0.4, -0.2) is 37.2 Å². The molecule has 73 heavy (non-hydrogen) atoms. The molecular weight excluding hydrogens is 901 g/mol. The quantitative estimate of drug-likeness (QED) is 0.0261. The van der Waals surface area contributed by atoms with E-state index in [0.717, 1.165) is 57.8 Å². The van der Waals surface area contributed by atoms with Crippen molar-refractivity contribution in [2.24, 2.45) is 0 Å². The molecule has 1 atom stereocenters. The fourth-order valence-electron chi connectivity index (χ4n) is 10.3. The predicted molar refractivity (Wildman–Crippen MR) is 317 cm³/mol. The molecule has 0 unspecified atom stereocenters. The number of ether oxygens (including phenoxy) is 3. The van der Waals surface area contributed by atoms with E-state index in [4.69, 9.17) is 14.2 Å². The van der Waals surface area contributed by atoms with E-state index in [1.165, 1.54) is 283 Å². The zero-order chi connectivity index (χ0) is 52.9. The Kier molecular flexibility index (Phi) is 61.1. The Hall–Kier alpha value is -1.85. The van der Waals surface area contributed by atoms with Crippen LogP contribution < -0.4 is 0 Å². The smallest absolute Gasteiger partial charge is 0.306 e. The maximum Gasteiger partial charge on any atom is 0.306 e. The Morgan fingerprint density at radius 3 is 0.699 bits per heavy atom. The molecule has 0 bridgehead atoms. The van der Waals surface area contributed by atoms with Gasteiger partial charge < -0.3 is 14.2 Å². The lowest BCUT2D eigenvalue weighted by atomic mass is 10.0. The first kappa shape index (κ1) is 71.2. The Labute approximate surface area is 456 Å². The highest BCUT2D eigenvalue weighted by atomic mass is 16.6. The molecule has 0 saturated heterocycles. The molecule has 0 heterocycles. The third-order valence-corrected chi connectivity index (χ3v) is 15.3. The molecule has 0 aromatic heterocycles. The van der Waals surface area contributed by atoms with Crippen LogP contribution in [0.2, 0.25) is 0 Å². The third kappa shape index (κ3) is 60.9. The van der Waals surface area contributed by atoms with Crippen molar-refractivity contribution in [1.82, 2.24) is 0 Å². The second-order valence-electron chi connectivity index (χ2n) is 22.7. The van der Waals surface area contributed by atoms with Gasteiger partial charge in [0.15, 0.2) is 6.10 Å². The Morgan fingerprint density at radius 2 is 0.452 bits per heavy atom. The molecule has 6 heteroatoms. The average molecular weight is 1030 g/mol. The van der Waals surface area contributed by atoms with E-state index in [1.54, 1.807) is 0 Å². The summed E-state index contributed by atoms with van der Waals surface area (Å²) in [7, 11) is 0. The molecule has 0 aromatic rings. The molecule has 0 amide bonds. The summed E-state index contributed by atoms with van der Waals surface area (Å²) in [6.45, 7) is 6.71. The van der Waals surface area contributed by atoms with Gasteiger partial charge in [-0.2, -0.15) is 0 Å². The zero-order valence-electron chi connectivity index (χ0n) is 49.7. The molecule has 0 radical (unpaired) electrons. The van der Waals surface area contributed by atoms with Crippen molar-refractivity contribution in [3.8, 4) is 0 Å². The number of rotatable bonds is 62. The van der Waals surface area contributed by atoms with Gasteiger partial charge in [0.1, 0.15) is 13.2 Å². The SMILES string of the molecule is CCCCCC/C=C\CCCCCCCCCC(=O)OC[C@H](COC(=O)CCCCCCCCCCCCCCCCCCCCC)OC(=O)CCCCCCCCCCCCCCCCCCCCCCC. The van der Waals surface area contributed by atoms with Crippen molar-refractivity contribution in [2.45, 2.75) is 386 Å². The van der Waals surface area contributed by atoms with Crippen molar-refractivity contribution in [3.63, 3.8) is 0 Å². The van der Waals surface area contributed by atoms with E-state index < -0.39 is 6.10 Å². The van der Waals surface area contributed by atoms with E-state index >= 15 is 0 Å². The van der Waals surface area contributed by atoms with Gasteiger partial charge in [0.2, 0.25) is 0 Å². The summed E-state index contributed by atoms with van der Waals surface area (Å²) in [6, 6.07) is 0. The molecule has 0 aliphatic heterocycles. The van der Waals surface area contributed by atoms with Crippen LogP contribution in [-0.2, 0) is 28.6 Å². The molecule has 6 nitrogen and oxygen atoms in total. The number of allylic oxidation sites excluding steroid dienone is 2. The summed E-state index contributed by atoms with van der Waals surface area (Å²) < 4.78 is 17.0. The average Bonchev–Trinajstić information content (AvgIpc) is 3.39. The van der Waals surface area contributed by atoms with Crippen molar-refractivity contribution < 1.29 is 28.6 Å². The van der Waals surface area contributed by atoms with Crippen LogP contribution in [0.3, 0.4) is 0 Å². The largest absolute Gasteiger partial charge is 0.462 e.